The molecule has 0 bridgehead atoms. The van der Waals surface area contributed by atoms with Crippen molar-refractivity contribution in [2.75, 3.05) is 7.11 Å². The van der Waals surface area contributed by atoms with Gasteiger partial charge in [-0.3, -0.25) is 0 Å². The van der Waals surface area contributed by atoms with Crippen LogP contribution >= 0.6 is 11.8 Å². The van der Waals surface area contributed by atoms with E-state index in [0.29, 0.717) is 5.75 Å². The molecule has 5 aromatic rings. The summed E-state index contributed by atoms with van der Waals surface area (Å²) in [6.45, 7) is 0. The smallest absolute Gasteiger partial charge is 0.212 e. The van der Waals surface area contributed by atoms with E-state index in [4.69, 9.17) is 9.84 Å². The number of thioether (sulfide) groups is 1. The molecule has 0 saturated carbocycles. The van der Waals surface area contributed by atoms with Crippen molar-refractivity contribution in [2.45, 2.75) is 10.9 Å². The molecule has 0 amide bonds. The fraction of sp³-hybridized carbons (Fsp3) is 0.100. The van der Waals surface area contributed by atoms with Gasteiger partial charge in [-0.15, -0.1) is 10.2 Å². The number of nitrogens with zero attached hydrogens (tertiary/aromatic N) is 6. The lowest BCUT2D eigenvalue weighted by Gasteiger charge is -2.04. The number of pyridine rings is 1. The van der Waals surface area contributed by atoms with Gasteiger partial charge in [-0.05, 0) is 48.5 Å². The Balaban J connectivity index is 1.42. The van der Waals surface area contributed by atoms with Gasteiger partial charge in [-0.2, -0.15) is 9.61 Å². The van der Waals surface area contributed by atoms with Gasteiger partial charge in [0.1, 0.15) is 11.4 Å². The molecule has 28 heavy (non-hydrogen) atoms. The molecule has 0 aliphatic carbocycles. The highest BCUT2D eigenvalue weighted by Gasteiger charge is 2.11. The molecule has 0 saturated heterocycles. The molecule has 0 N–H and O–H groups in total. The fourth-order valence-electron chi connectivity index (χ4n) is 2.97. The van der Waals surface area contributed by atoms with Crippen LogP contribution in [0.5, 0.6) is 5.75 Å². The Morgan fingerprint density at radius 3 is 2.68 bits per heavy atom. The number of methoxy groups -OCH3 is 1. The average Bonchev–Trinajstić information content (AvgIpc) is 3.35. The highest BCUT2D eigenvalue weighted by Crippen LogP contribution is 2.24. The van der Waals surface area contributed by atoms with Gasteiger partial charge in [0.15, 0.2) is 5.65 Å². The van der Waals surface area contributed by atoms with Crippen LogP contribution < -0.4 is 4.74 Å². The molecule has 7 nitrogen and oxygen atoms in total. The Morgan fingerprint density at radius 1 is 0.964 bits per heavy atom. The second kappa shape index (κ2) is 6.97. The van der Waals surface area contributed by atoms with E-state index < -0.39 is 0 Å². The van der Waals surface area contributed by atoms with Crippen LogP contribution in [-0.4, -0.2) is 36.3 Å². The molecular weight excluding hydrogens is 372 g/mol. The van der Waals surface area contributed by atoms with Gasteiger partial charge in [-0.25, -0.2) is 4.98 Å². The lowest BCUT2D eigenvalue weighted by molar-refractivity contribution is 0.415. The van der Waals surface area contributed by atoms with E-state index >= 15 is 0 Å². The van der Waals surface area contributed by atoms with Crippen LogP contribution in [0.3, 0.4) is 0 Å². The van der Waals surface area contributed by atoms with E-state index in [0.717, 1.165) is 39.2 Å². The normalized spacial score (nSPS) is 11.3. The van der Waals surface area contributed by atoms with Gasteiger partial charge in [0.2, 0.25) is 5.16 Å². The molecule has 4 heterocycles. The van der Waals surface area contributed by atoms with Crippen LogP contribution in [0, 0.1) is 0 Å². The summed E-state index contributed by atoms with van der Waals surface area (Å²) in [7, 11) is 1.66. The van der Waals surface area contributed by atoms with Gasteiger partial charge in [0.25, 0.3) is 0 Å². The number of aromatic nitrogens is 6. The number of fused-ring (bicyclic) bond motifs is 2. The number of hydrogen-bond donors (Lipinski definition) is 0. The van der Waals surface area contributed by atoms with E-state index in [1.807, 2.05) is 71.4 Å². The van der Waals surface area contributed by atoms with Crippen molar-refractivity contribution in [1.29, 1.82) is 0 Å². The minimum absolute atomic E-state index is 0.691. The third kappa shape index (κ3) is 3.07. The summed E-state index contributed by atoms with van der Waals surface area (Å²) in [5.41, 5.74) is 4.50. The molecule has 0 fully saturated rings. The molecule has 0 atom stereocenters. The summed E-state index contributed by atoms with van der Waals surface area (Å²) in [5.74, 6) is 1.51. The number of imidazole rings is 1. The quantitative estimate of drug-likeness (QED) is 0.427. The zero-order chi connectivity index (χ0) is 18.9. The summed E-state index contributed by atoms with van der Waals surface area (Å²) in [4.78, 5) is 4.63. The molecule has 0 unspecified atom stereocenters. The Bertz CT molecular complexity index is 1230. The minimum Gasteiger partial charge on any atom is -0.497 e. The molecular formula is C20H16N6OS. The van der Waals surface area contributed by atoms with Crippen LogP contribution in [-0.2, 0) is 5.75 Å². The highest BCUT2D eigenvalue weighted by atomic mass is 32.2. The van der Waals surface area contributed by atoms with Crippen molar-refractivity contribution in [3.8, 4) is 17.0 Å². The fourth-order valence-corrected chi connectivity index (χ4v) is 3.74. The molecule has 8 heteroatoms. The van der Waals surface area contributed by atoms with Crippen molar-refractivity contribution in [2.24, 2.45) is 0 Å². The molecule has 0 aliphatic rings. The first-order chi connectivity index (χ1) is 13.8. The van der Waals surface area contributed by atoms with Crippen LogP contribution in [0.2, 0.25) is 0 Å². The molecule has 138 valence electrons. The van der Waals surface area contributed by atoms with Crippen LogP contribution in [0.4, 0.5) is 0 Å². The monoisotopic (exact) mass is 388 g/mol. The average molecular weight is 388 g/mol. The molecule has 0 aliphatic heterocycles. The summed E-state index contributed by atoms with van der Waals surface area (Å²) in [6, 6.07) is 17.7. The second-order valence-corrected chi connectivity index (χ2v) is 7.13. The molecule has 0 radical (unpaired) electrons. The summed E-state index contributed by atoms with van der Waals surface area (Å²) in [5, 5.41) is 14.0. The lowest BCUT2D eigenvalue weighted by atomic mass is 10.1. The van der Waals surface area contributed by atoms with E-state index in [2.05, 4.69) is 15.2 Å². The standard InChI is InChI=1S/C20H16N6OS/c1-27-16-7-5-14(6-8-16)17-9-10-19-22-23-20(26(19)24-17)28-13-15-12-25-11-3-2-4-18(25)21-15/h2-12H,13H2,1H3. The predicted octanol–water partition coefficient (Wildman–Crippen LogP) is 3.74. The molecule has 0 spiro atoms. The first-order valence-electron chi connectivity index (χ1n) is 8.72. The SMILES string of the molecule is COc1ccc(-c2ccc3nnc(SCc4cn5ccccc5n4)n3n2)cc1. The van der Waals surface area contributed by atoms with Gasteiger partial charge in [0, 0.05) is 23.7 Å². The Morgan fingerprint density at radius 2 is 1.86 bits per heavy atom. The molecule has 4 aromatic heterocycles. The third-order valence-electron chi connectivity index (χ3n) is 4.38. The van der Waals surface area contributed by atoms with Crippen LogP contribution in [0.1, 0.15) is 5.69 Å². The van der Waals surface area contributed by atoms with Gasteiger partial charge in [0.05, 0.1) is 18.5 Å². The maximum atomic E-state index is 5.22. The zero-order valence-corrected chi connectivity index (χ0v) is 15.9. The van der Waals surface area contributed by atoms with Gasteiger partial charge >= 0.3 is 0 Å². The lowest BCUT2D eigenvalue weighted by Crippen LogP contribution is -1.96. The zero-order valence-electron chi connectivity index (χ0n) is 15.1. The maximum absolute atomic E-state index is 5.22. The Hall–Kier alpha value is -3.39. The van der Waals surface area contributed by atoms with Crippen LogP contribution in [0.15, 0.2) is 72.1 Å². The van der Waals surface area contributed by atoms with E-state index in [9.17, 15) is 0 Å². The highest BCUT2D eigenvalue weighted by molar-refractivity contribution is 7.98. The Labute approximate surface area is 165 Å². The van der Waals surface area contributed by atoms with Crippen LogP contribution in [0.25, 0.3) is 22.6 Å². The van der Waals surface area contributed by atoms with Gasteiger partial charge in [-0.1, -0.05) is 17.8 Å². The van der Waals surface area contributed by atoms with E-state index in [-0.39, 0.29) is 0 Å². The maximum Gasteiger partial charge on any atom is 0.212 e. The number of rotatable bonds is 5. The number of ether oxygens (including phenoxy) is 1. The topological polar surface area (TPSA) is 69.6 Å². The van der Waals surface area contributed by atoms with Crippen molar-refractivity contribution in [3.05, 3.63) is 72.7 Å². The number of benzene rings is 1. The summed E-state index contributed by atoms with van der Waals surface area (Å²) >= 11 is 1.57. The van der Waals surface area contributed by atoms with Crippen molar-refractivity contribution < 1.29 is 4.74 Å². The van der Waals surface area contributed by atoms with E-state index in [1.165, 1.54) is 0 Å². The van der Waals surface area contributed by atoms with Crippen molar-refractivity contribution in [3.63, 3.8) is 0 Å². The Kier molecular flexibility index (Phi) is 4.17. The first kappa shape index (κ1) is 16.8. The minimum atomic E-state index is 0.691. The molecule has 5 rings (SSSR count). The summed E-state index contributed by atoms with van der Waals surface area (Å²) in [6.07, 6.45) is 4.02. The predicted molar refractivity (Wildman–Crippen MR) is 108 cm³/mol. The first-order valence-corrected chi connectivity index (χ1v) is 9.71. The molecule has 1 aromatic carbocycles. The third-order valence-corrected chi connectivity index (χ3v) is 5.34. The second-order valence-electron chi connectivity index (χ2n) is 6.19. The van der Waals surface area contributed by atoms with Gasteiger partial charge < -0.3 is 9.14 Å². The van der Waals surface area contributed by atoms with Crippen molar-refractivity contribution >= 4 is 23.1 Å². The van der Waals surface area contributed by atoms with E-state index in [1.54, 1.807) is 23.4 Å². The van der Waals surface area contributed by atoms with Crippen molar-refractivity contribution in [1.82, 2.24) is 29.2 Å². The number of hydrogen-bond acceptors (Lipinski definition) is 6. The largest absolute Gasteiger partial charge is 0.497 e. The summed E-state index contributed by atoms with van der Waals surface area (Å²) < 4.78 is 9.01.